The molecule has 0 unspecified atom stereocenters. The van der Waals surface area contributed by atoms with Gasteiger partial charge in [-0.25, -0.2) is 9.59 Å². The SMILES string of the molecule is CCCCCCCC[N+]1=C(/C=C2\C(=O)C(/C=C3/N(CC)c4ccccc4C3(C)C)=C2O)C(C)(C)c2cc(C#Cc3ccc4c5c(cccc35)C(=O)OC4=O)ccc21. The zero-order valence-electron chi connectivity index (χ0n) is 33.7. The lowest BCUT2D eigenvalue weighted by atomic mass is 9.77. The van der Waals surface area contributed by atoms with E-state index in [0.717, 1.165) is 65.2 Å². The lowest BCUT2D eigenvalue weighted by molar-refractivity contribution is -0.438. The highest BCUT2D eigenvalue weighted by Gasteiger charge is 2.47. The summed E-state index contributed by atoms with van der Waals surface area (Å²) in [6, 6.07) is 23.4. The number of cyclic esters (lactones) is 2. The molecule has 288 valence electrons. The first kappa shape index (κ1) is 37.9. The molecule has 8 rings (SSSR count). The van der Waals surface area contributed by atoms with E-state index in [1.165, 1.54) is 31.2 Å². The summed E-state index contributed by atoms with van der Waals surface area (Å²) in [6.45, 7) is 14.6. The molecule has 1 N–H and O–H groups in total. The number of allylic oxidation sites excluding steroid dienone is 5. The summed E-state index contributed by atoms with van der Waals surface area (Å²) in [5.74, 6) is 5.26. The molecule has 0 atom stereocenters. The highest BCUT2D eigenvalue weighted by Crippen LogP contribution is 2.49. The summed E-state index contributed by atoms with van der Waals surface area (Å²) in [5, 5.41) is 12.9. The number of carbonyl (C=O) groups excluding carboxylic acids is 3. The Hall–Kier alpha value is -6.00. The quantitative estimate of drug-likeness (QED) is 0.0433. The molecule has 0 spiro atoms. The standard InChI is InChI=1S/C50H48N2O5/c1-7-9-10-11-12-15-27-52-41-26-22-31(21-23-32-24-25-35-44-33(32)17-16-18-34(44)47(55)57-48(35)56)28-39(41)50(5,6)43(52)30-37-45(53)36(46(37)54)29-42-49(3,4)38-19-13-14-20-40(38)51(42)8-2/h13-14,16-20,22,24-26,28-30H,7-12,15,27H2,1-6H3/p+1. The maximum atomic E-state index is 14.0. The number of hydrogen-bond acceptors (Lipinski definition) is 6. The van der Waals surface area contributed by atoms with E-state index >= 15 is 0 Å². The van der Waals surface area contributed by atoms with Crippen molar-refractivity contribution in [3.05, 3.63) is 141 Å². The van der Waals surface area contributed by atoms with Crippen LogP contribution in [-0.4, -0.2) is 46.2 Å². The van der Waals surface area contributed by atoms with Crippen LogP contribution in [0, 0.1) is 11.8 Å². The van der Waals surface area contributed by atoms with Gasteiger partial charge >= 0.3 is 11.9 Å². The molecule has 0 aromatic heterocycles. The number of benzene rings is 4. The Balaban J connectivity index is 1.15. The van der Waals surface area contributed by atoms with E-state index in [1.807, 2.05) is 30.4 Å². The zero-order chi connectivity index (χ0) is 40.2. The van der Waals surface area contributed by atoms with Crippen LogP contribution in [0.15, 0.2) is 108 Å². The molecular weight excluding hydrogens is 709 g/mol. The van der Waals surface area contributed by atoms with Crippen molar-refractivity contribution in [1.82, 2.24) is 0 Å². The van der Waals surface area contributed by atoms with Gasteiger partial charge in [-0.15, -0.1) is 0 Å². The van der Waals surface area contributed by atoms with Gasteiger partial charge in [-0.1, -0.05) is 88.6 Å². The number of aliphatic hydroxyl groups excluding tert-OH is 1. The molecule has 1 aliphatic carbocycles. The number of unbranched alkanes of at least 4 members (excludes halogenated alkanes) is 5. The average Bonchev–Trinajstić information content (AvgIpc) is 3.55. The van der Waals surface area contributed by atoms with Crippen LogP contribution < -0.4 is 4.90 Å². The molecule has 0 saturated heterocycles. The molecule has 0 fully saturated rings. The van der Waals surface area contributed by atoms with Gasteiger partial charge in [0, 0.05) is 64.0 Å². The Labute approximate surface area is 335 Å². The number of nitrogens with zero attached hydrogens (tertiary/aromatic N) is 2. The summed E-state index contributed by atoms with van der Waals surface area (Å²) < 4.78 is 7.27. The number of ether oxygens (including phenoxy) is 1. The van der Waals surface area contributed by atoms with Crippen LogP contribution in [0.1, 0.15) is 123 Å². The van der Waals surface area contributed by atoms with Crippen LogP contribution in [0.3, 0.4) is 0 Å². The average molecular weight is 758 g/mol. The number of Topliss-reactive ketones (excluding diaryl/α,β-unsaturated/α-hetero) is 1. The minimum atomic E-state index is -0.649. The molecule has 0 saturated carbocycles. The van der Waals surface area contributed by atoms with Crippen LogP contribution in [0.2, 0.25) is 0 Å². The second-order valence-corrected chi connectivity index (χ2v) is 16.5. The fourth-order valence-corrected chi connectivity index (χ4v) is 9.12. The van der Waals surface area contributed by atoms with Crippen LogP contribution in [0.5, 0.6) is 0 Å². The number of ketones is 1. The van der Waals surface area contributed by atoms with Crippen molar-refractivity contribution in [2.45, 2.75) is 90.9 Å². The molecule has 7 nitrogen and oxygen atoms in total. The lowest BCUT2D eigenvalue weighted by Crippen LogP contribution is -2.32. The number of aliphatic hydroxyl groups is 1. The third-order valence-electron chi connectivity index (χ3n) is 12.3. The molecule has 57 heavy (non-hydrogen) atoms. The van der Waals surface area contributed by atoms with Gasteiger partial charge in [-0.2, -0.15) is 4.58 Å². The summed E-state index contributed by atoms with van der Waals surface area (Å²) in [6.07, 6.45) is 10.8. The van der Waals surface area contributed by atoms with Gasteiger partial charge in [0.1, 0.15) is 12.3 Å². The molecule has 0 amide bonds. The molecular formula is C50H49N2O5+. The van der Waals surface area contributed by atoms with Gasteiger partial charge in [0.25, 0.3) is 0 Å². The number of rotatable bonds is 10. The second kappa shape index (κ2) is 14.5. The zero-order valence-corrected chi connectivity index (χ0v) is 33.7. The minimum absolute atomic E-state index is 0.0386. The van der Waals surface area contributed by atoms with Gasteiger partial charge in [0.2, 0.25) is 11.5 Å². The van der Waals surface area contributed by atoms with E-state index in [-0.39, 0.29) is 17.0 Å². The Morgan fingerprint density at radius 3 is 2.26 bits per heavy atom. The normalized spacial score (nSPS) is 18.9. The predicted octanol–water partition coefficient (Wildman–Crippen LogP) is 10.3. The predicted molar refractivity (Wildman–Crippen MR) is 226 cm³/mol. The van der Waals surface area contributed by atoms with E-state index in [1.54, 1.807) is 24.3 Å². The largest absolute Gasteiger partial charge is 0.506 e. The van der Waals surface area contributed by atoms with Gasteiger partial charge in [-0.3, -0.25) is 4.79 Å². The number of hydrogen-bond donors (Lipinski definition) is 1. The minimum Gasteiger partial charge on any atom is -0.506 e. The van der Waals surface area contributed by atoms with Crippen molar-refractivity contribution >= 4 is 45.6 Å². The highest BCUT2D eigenvalue weighted by molar-refractivity contribution is 6.24. The van der Waals surface area contributed by atoms with Crippen LogP contribution in [0.25, 0.3) is 10.8 Å². The molecule has 0 radical (unpaired) electrons. The molecule has 7 heteroatoms. The number of esters is 2. The maximum absolute atomic E-state index is 14.0. The summed E-state index contributed by atoms with van der Waals surface area (Å²) in [7, 11) is 0. The summed E-state index contributed by atoms with van der Waals surface area (Å²) in [4.78, 5) is 41.2. The monoisotopic (exact) mass is 757 g/mol. The van der Waals surface area contributed by atoms with Gasteiger partial charge < -0.3 is 14.7 Å². The third kappa shape index (κ3) is 6.23. The lowest BCUT2D eigenvalue weighted by Gasteiger charge is -2.28. The summed E-state index contributed by atoms with van der Waals surface area (Å²) in [5.41, 5.74) is 8.62. The van der Waals surface area contributed by atoms with Crippen molar-refractivity contribution in [3.63, 3.8) is 0 Å². The second-order valence-electron chi connectivity index (χ2n) is 16.5. The van der Waals surface area contributed by atoms with E-state index in [2.05, 4.69) is 93.2 Å². The van der Waals surface area contributed by atoms with Crippen LogP contribution in [-0.2, 0) is 20.4 Å². The number of fused-ring (bicyclic) bond motifs is 2. The number of para-hydroxylation sites is 1. The number of carbonyl (C=O) groups is 3. The van der Waals surface area contributed by atoms with E-state index in [4.69, 9.17) is 4.74 Å². The van der Waals surface area contributed by atoms with Crippen LogP contribution >= 0.6 is 0 Å². The Morgan fingerprint density at radius 2 is 1.51 bits per heavy atom. The number of anilines is 1. The summed E-state index contributed by atoms with van der Waals surface area (Å²) >= 11 is 0. The van der Waals surface area contributed by atoms with Gasteiger partial charge in [0.15, 0.2) is 5.71 Å². The van der Waals surface area contributed by atoms with Crippen molar-refractivity contribution in [3.8, 4) is 11.8 Å². The molecule has 4 aliphatic rings. The van der Waals surface area contributed by atoms with Crippen molar-refractivity contribution in [1.29, 1.82) is 0 Å². The first-order chi connectivity index (χ1) is 27.4. The maximum Gasteiger partial charge on any atom is 0.346 e. The smallest absolute Gasteiger partial charge is 0.346 e. The van der Waals surface area contributed by atoms with Crippen LogP contribution in [0.4, 0.5) is 11.4 Å². The van der Waals surface area contributed by atoms with Gasteiger partial charge in [-0.05, 0) is 80.6 Å². The number of likely N-dealkylation sites (N-methyl/N-ethyl adjacent to an activating group) is 1. The van der Waals surface area contributed by atoms with E-state index < -0.39 is 17.4 Å². The fourth-order valence-electron chi connectivity index (χ4n) is 9.12. The molecule has 3 heterocycles. The molecule has 4 aromatic carbocycles. The van der Waals surface area contributed by atoms with Crippen molar-refractivity contribution < 1.29 is 28.8 Å². The third-order valence-corrected chi connectivity index (χ3v) is 12.3. The first-order valence-electron chi connectivity index (χ1n) is 20.3. The van der Waals surface area contributed by atoms with E-state index in [9.17, 15) is 19.5 Å². The van der Waals surface area contributed by atoms with Crippen molar-refractivity contribution in [2.75, 3.05) is 18.0 Å². The molecule has 3 aliphatic heterocycles. The topological polar surface area (TPSA) is 86.9 Å². The van der Waals surface area contributed by atoms with Crippen molar-refractivity contribution in [2.24, 2.45) is 0 Å². The fraction of sp³-hybridized carbons (Fsp3) is 0.320. The Bertz CT molecular complexity index is 2580. The highest BCUT2D eigenvalue weighted by atomic mass is 16.6. The molecule has 0 bridgehead atoms. The van der Waals surface area contributed by atoms with Gasteiger partial charge in [0.05, 0.1) is 27.7 Å². The first-order valence-corrected chi connectivity index (χ1v) is 20.3. The Kier molecular flexibility index (Phi) is 9.64. The Morgan fingerprint density at radius 1 is 0.772 bits per heavy atom. The molecule has 4 aromatic rings. The van der Waals surface area contributed by atoms with E-state index in [0.29, 0.717) is 33.2 Å².